The molecular weight excluding hydrogens is 448 g/mol. The van der Waals surface area contributed by atoms with Crippen LogP contribution in [0.25, 0.3) is 33.4 Å². The van der Waals surface area contributed by atoms with Gasteiger partial charge in [0.25, 0.3) is 0 Å². The van der Waals surface area contributed by atoms with Crippen LogP contribution < -0.4 is 28.5 Å². The van der Waals surface area contributed by atoms with Crippen LogP contribution >= 0.6 is 0 Å². The summed E-state index contributed by atoms with van der Waals surface area (Å²) in [4.78, 5) is 16.3. The number of carbonyl (C=O) groups is 1. The third-order valence-corrected chi connectivity index (χ3v) is 6.00. The predicted molar refractivity (Wildman–Crippen MR) is 131 cm³/mol. The molecule has 0 spiro atoms. The SMILES string of the molecule is CC[NH+]=c1cc2oc3cc(CCN)c(C)cc3c(-c3ccccc3C(=O)OCC)c-2cc1C.[Cl-]. The molecule has 0 radical (unpaired) electrons. The Morgan fingerprint density at radius 2 is 1.79 bits per heavy atom. The minimum absolute atomic E-state index is 0. The first kappa shape index (κ1) is 25.5. The highest BCUT2D eigenvalue weighted by molar-refractivity contribution is 6.08. The average Bonchev–Trinajstić information content (AvgIpc) is 2.80. The van der Waals surface area contributed by atoms with Crippen molar-refractivity contribution < 1.29 is 31.3 Å². The largest absolute Gasteiger partial charge is 1.00 e. The van der Waals surface area contributed by atoms with Crippen molar-refractivity contribution in [1.29, 1.82) is 0 Å². The van der Waals surface area contributed by atoms with Crippen LogP contribution in [-0.2, 0) is 11.2 Å². The fourth-order valence-electron chi connectivity index (χ4n) is 4.43. The Hall–Kier alpha value is -3.15. The zero-order valence-electron chi connectivity index (χ0n) is 20.1. The van der Waals surface area contributed by atoms with Gasteiger partial charge in [0.1, 0.15) is 17.9 Å². The van der Waals surface area contributed by atoms with E-state index in [2.05, 4.69) is 44.0 Å². The van der Waals surface area contributed by atoms with Gasteiger partial charge in [0.15, 0.2) is 0 Å². The number of benzene rings is 3. The lowest BCUT2D eigenvalue weighted by molar-refractivity contribution is -0.496. The van der Waals surface area contributed by atoms with Crippen LogP contribution in [0.2, 0.25) is 0 Å². The summed E-state index contributed by atoms with van der Waals surface area (Å²) in [7, 11) is 0. The van der Waals surface area contributed by atoms with E-state index in [-0.39, 0.29) is 18.4 Å². The summed E-state index contributed by atoms with van der Waals surface area (Å²) in [6.45, 7) is 9.78. The zero-order chi connectivity index (χ0) is 23.5. The predicted octanol–water partition coefficient (Wildman–Crippen LogP) is 0.505. The number of nitrogens with two attached hydrogens (primary N) is 1. The van der Waals surface area contributed by atoms with E-state index in [0.717, 1.165) is 68.4 Å². The maximum Gasteiger partial charge on any atom is 0.338 e. The molecule has 0 saturated carbocycles. The van der Waals surface area contributed by atoms with Gasteiger partial charge in [-0.1, -0.05) is 18.2 Å². The number of halogens is 1. The van der Waals surface area contributed by atoms with Gasteiger partial charge in [-0.3, -0.25) is 0 Å². The highest BCUT2D eigenvalue weighted by Crippen LogP contribution is 2.42. The first-order valence-corrected chi connectivity index (χ1v) is 11.5. The zero-order valence-corrected chi connectivity index (χ0v) is 20.9. The molecule has 2 aliphatic rings. The van der Waals surface area contributed by atoms with Crippen molar-refractivity contribution >= 4 is 16.9 Å². The summed E-state index contributed by atoms with van der Waals surface area (Å²) in [6.07, 6.45) is 0.778. The lowest BCUT2D eigenvalue weighted by Gasteiger charge is -2.19. The van der Waals surface area contributed by atoms with Gasteiger partial charge in [0, 0.05) is 22.1 Å². The lowest BCUT2D eigenvalue weighted by Crippen LogP contribution is -3.00. The summed E-state index contributed by atoms with van der Waals surface area (Å²) in [5, 5.41) is 2.00. The molecular formula is C28H31ClN2O3. The Labute approximate surface area is 206 Å². The molecule has 1 heterocycles. The van der Waals surface area contributed by atoms with Crippen LogP contribution in [-0.4, -0.2) is 25.7 Å². The molecule has 178 valence electrons. The van der Waals surface area contributed by atoms with Gasteiger partial charge in [-0.15, -0.1) is 0 Å². The molecule has 0 bridgehead atoms. The Kier molecular flexibility index (Phi) is 8.13. The number of ether oxygens (including phenoxy) is 1. The van der Waals surface area contributed by atoms with Crippen molar-refractivity contribution in [3.05, 3.63) is 76.1 Å². The fourth-order valence-corrected chi connectivity index (χ4v) is 4.43. The second-order valence-electron chi connectivity index (χ2n) is 8.25. The Morgan fingerprint density at radius 3 is 2.50 bits per heavy atom. The third-order valence-electron chi connectivity index (χ3n) is 6.00. The molecule has 0 aromatic heterocycles. The van der Waals surface area contributed by atoms with Crippen LogP contribution in [0.1, 0.15) is 40.9 Å². The number of hydrogen-bond acceptors (Lipinski definition) is 4. The highest BCUT2D eigenvalue weighted by atomic mass is 35.5. The van der Waals surface area contributed by atoms with Crippen LogP contribution in [0, 0.1) is 13.8 Å². The van der Waals surface area contributed by atoms with Crippen molar-refractivity contribution in [3.63, 3.8) is 0 Å². The maximum atomic E-state index is 12.9. The van der Waals surface area contributed by atoms with Gasteiger partial charge in [0.05, 0.1) is 18.2 Å². The summed E-state index contributed by atoms with van der Waals surface area (Å²) < 4.78 is 11.8. The van der Waals surface area contributed by atoms with E-state index in [1.165, 1.54) is 0 Å². The molecule has 1 aliphatic heterocycles. The van der Waals surface area contributed by atoms with E-state index in [0.29, 0.717) is 18.7 Å². The minimum Gasteiger partial charge on any atom is -1.00 e. The minimum atomic E-state index is -0.326. The number of carbonyl (C=O) groups excluding carboxylic acids is 1. The first-order chi connectivity index (χ1) is 16.0. The van der Waals surface area contributed by atoms with Crippen molar-refractivity contribution in [3.8, 4) is 22.5 Å². The molecule has 2 aromatic carbocycles. The number of esters is 1. The molecule has 0 amide bonds. The normalized spacial score (nSPS) is 11.6. The van der Waals surface area contributed by atoms with Crippen LogP contribution in [0.4, 0.5) is 0 Å². The number of aryl methyl sites for hydroxylation is 2. The molecule has 2 aromatic rings. The molecule has 5 nitrogen and oxygen atoms in total. The van der Waals surface area contributed by atoms with E-state index in [4.69, 9.17) is 14.9 Å². The van der Waals surface area contributed by atoms with Gasteiger partial charge in [0.2, 0.25) is 5.36 Å². The van der Waals surface area contributed by atoms with Crippen LogP contribution in [0.3, 0.4) is 0 Å². The second-order valence-corrected chi connectivity index (χ2v) is 8.25. The first-order valence-electron chi connectivity index (χ1n) is 11.5. The number of hydrogen-bond donors (Lipinski definition) is 2. The Balaban J connectivity index is 0.00000324. The summed E-state index contributed by atoms with van der Waals surface area (Å²) in [6, 6.07) is 16.0. The summed E-state index contributed by atoms with van der Waals surface area (Å²) in [5.41, 5.74) is 13.4. The molecule has 6 heteroatoms. The molecule has 3 N–H and O–H groups in total. The Morgan fingerprint density at radius 1 is 1.03 bits per heavy atom. The van der Waals surface area contributed by atoms with Crippen molar-refractivity contribution in [2.75, 3.05) is 19.7 Å². The maximum absolute atomic E-state index is 12.9. The summed E-state index contributed by atoms with van der Waals surface area (Å²) in [5.74, 6) is 0.438. The van der Waals surface area contributed by atoms with Gasteiger partial charge in [-0.05, 0) is 81.6 Å². The molecule has 0 fully saturated rings. The molecule has 4 rings (SSSR count). The van der Waals surface area contributed by atoms with Gasteiger partial charge >= 0.3 is 5.97 Å². The standard InChI is InChI=1S/C28H30N2O3.ClH/c1-5-30-24-16-26-23(14-18(24)4)27(20-9-7-8-10-21(20)28(31)32-6-2)22-13-17(3)19(11-12-29)15-25(22)33-26;/h7-10,13-16H,5-6,11-12,29H2,1-4H3;1H. The topological polar surface area (TPSA) is 79.4 Å². The van der Waals surface area contributed by atoms with E-state index < -0.39 is 0 Å². The monoisotopic (exact) mass is 478 g/mol. The van der Waals surface area contributed by atoms with E-state index in [1.807, 2.05) is 37.3 Å². The molecule has 1 aliphatic carbocycles. The second kappa shape index (κ2) is 10.9. The smallest absolute Gasteiger partial charge is 0.338 e. The molecule has 34 heavy (non-hydrogen) atoms. The fraction of sp³-hybridized carbons (Fsp3) is 0.286. The Bertz CT molecular complexity index is 1370. The third kappa shape index (κ3) is 4.72. The molecule has 0 unspecified atom stereocenters. The van der Waals surface area contributed by atoms with E-state index in [1.54, 1.807) is 0 Å². The van der Waals surface area contributed by atoms with Gasteiger partial charge in [-0.2, -0.15) is 0 Å². The van der Waals surface area contributed by atoms with Crippen LogP contribution in [0.5, 0.6) is 0 Å². The highest BCUT2D eigenvalue weighted by Gasteiger charge is 2.23. The van der Waals surface area contributed by atoms with Gasteiger partial charge in [-0.25, -0.2) is 9.79 Å². The lowest BCUT2D eigenvalue weighted by atomic mass is 9.88. The van der Waals surface area contributed by atoms with Crippen molar-refractivity contribution in [2.45, 2.75) is 34.1 Å². The van der Waals surface area contributed by atoms with E-state index in [9.17, 15) is 4.79 Å². The van der Waals surface area contributed by atoms with Crippen molar-refractivity contribution in [1.82, 2.24) is 0 Å². The molecule has 0 saturated heterocycles. The average molecular weight is 479 g/mol. The number of rotatable bonds is 6. The summed E-state index contributed by atoms with van der Waals surface area (Å²) >= 11 is 0. The van der Waals surface area contributed by atoms with Gasteiger partial charge < -0.3 is 27.3 Å². The number of fused-ring (bicyclic) bond motifs is 2. The number of nitrogens with one attached hydrogen (secondary N) is 1. The van der Waals surface area contributed by atoms with Crippen LogP contribution in [0.15, 0.2) is 52.9 Å². The van der Waals surface area contributed by atoms with Crippen molar-refractivity contribution in [2.24, 2.45) is 5.73 Å². The quantitative estimate of drug-likeness (QED) is 0.312. The van der Waals surface area contributed by atoms with E-state index >= 15 is 0 Å². The molecule has 0 atom stereocenters.